The standard InChI is InChI=1S/C18H19N3O5S/c1-12-7-13(2)9-15(8-12)26-10-17(22)19-20-18(23)11-27-16-5-3-14(4-6-16)21(24)25/h3-9H,10-11H2,1-2H3,(H,19,22)(H,20,23). The molecule has 142 valence electrons. The molecule has 0 aromatic heterocycles. The number of nitrogens with one attached hydrogen (secondary N) is 2. The van der Waals surface area contributed by atoms with Crippen molar-refractivity contribution in [2.24, 2.45) is 0 Å². The third kappa shape index (κ3) is 6.98. The zero-order valence-electron chi connectivity index (χ0n) is 14.9. The molecule has 0 spiro atoms. The molecule has 0 fully saturated rings. The van der Waals surface area contributed by atoms with E-state index in [-0.39, 0.29) is 18.0 Å². The summed E-state index contributed by atoms with van der Waals surface area (Å²) >= 11 is 1.20. The summed E-state index contributed by atoms with van der Waals surface area (Å²) in [5.74, 6) is -0.251. The Bertz CT molecular complexity index is 819. The zero-order valence-corrected chi connectivity index (χ0v) is 15.7. The molecule has 0 aliphatic heterocycles. The van der Waals surface area contributed by atoms with Crippen LogP contribution in [0.2, 0.25) is 0 Å². The highest BCUT2D eigenvalue weighted by Gasteiger charge is 2.08. The van der Waals surface area contributed by atoms with E-state index in [2.05, 4.69) is 10.9 Å². The lowest BCUT2D eigenvalue weighted by atomic mass is 10.1. The van der Waals surface area contributed by atoms with Gasteiger partial charge in [0.1, 0.15) is 5.75 Å². The van der Waals surface area contributed by atoms with Crippen molar-refractivity contribution in [3.63, 3.8) is 0 Å². The van der Waals surface area contributed by atoms with E-state index in [4.69, 9.17) is 4.74 Å². The zero-order chi connectivity index (χ0) is 19.8. The molecule has 0 radical (unpaired) electrons. The van der Waals surface area contributed by atoms with Crippen molar-refractivity contribution in [3.8, 4) is 5.75 Å². The molecule has 2 aromatic rings. The number of hydrogen-bond acceptors (Lipinski definition) is 6. The predicted octanol–water partition coefficient (Wildman–Crippen LogP) is 2.53. The van der Waals surface area contributed by atoms with Crippen LogP contribution in [0.1, 0.15) is 11.1 Å². The second kappa shape index (κ2) is 9.58. The Labute approximate surface area is 160 Å². The van der Waals surface area contributed by atoms with Crippen molar-refractivity contribution in [2.45, 2.75) is 18.7 Å². The molecule has 0 bridgehead atoms. The Hall–Kier alpha value is -3.07. The van der Waals surface area contributed by atoms with Crippen LogP contribution >= 0.6 is 11.8 Å². The minimum Gasteiger partial charge on any atom is -0.484 e. The average Bonchev–Trinajstić information content (AvgIpc) is 2.62. The monoisotopic (exact) mass is 389 g/mol. The maximum atomic E-state index is 11.8. The van der Waals surface area contributed by atoms with Gasteiger partial charge in [-0.3, -0.25) is 30.6 Å². The van der Waals surface area contributed by atoms with E-state index >= 15 is 0 Å². The first-order chi connectivity index (χ1) is 12.8. The smallest absolute Gasteiger partial charge is 0.276 e. The molecule has 0 aliphatic rings. The van der Waals surface area contributed by atoms with Crippen LogP contribution in [0.25, 0.3) is 0 Å². The number of aryl methyl sites for hydroxylation is 2. The molecular formula is C18H19N3O5S. The van der Waals surface area contributed by atoms with Crippen LogP contribution in [-0.2, 0) is 9.59 Å². The van der Waals surface area contributed by atoms with Crippen molar-refractivity contribution in [1.82, 2.24) is 10.9 Å². The number of nitro groups is 1. The second-order valence-electron chi connectivity index (χ2n) is 5.75. The maximum Gasteiger partial charge on any atom is 0.276 e. The largest absolute Gasteiger partial charge is 0.484 e. The van der Waals surface area contributed by atoms with Crippen molar-refractivity contribution in [1.29, 1.82) is 0 Å². The number of rotatable bonds is 7. The number of amides is 2. The van der Waals surface area contributed by atoms with E-state index in [1.165, 1.54) is 23.9 Å². The number of nitro benzene ring substituents is 1. The summed E-state index contributed by atoms with van der Waals surface area (Å²) in [6.07, 6.45) is 0. The highest BCUT2D eigenvalue weighted by Crippen LogP contribution is 2.21. The van der Waals surface area contributed by atoms with Gasteiger partial charge < -0.3 is 4.74 Å². The number of nitrogens with zero attached hydrogens (tertiary/aromatic N) is 1. The summed E-state index contributed by atoms with van der Waals surface area (Å²) in [4.78, 5) is 34.3. The molecule has 0 saturated carbocycles. The lowest BCUT2D eigenvalue weighted by Crippen LogP contribution is -2.44. The minimum absolute atomic E-state index is 0.0140. The van der Waals surface area contributed by atoms with E-state index in [9.17, 15) is 19.7 Å². The third-order valence-electron chi connectivity index (χ3n) is 3.32. The molecule has 0 atom stereocenters. The van der Waals surface area contributed by atoms with E-state index in [0.29, 0.717) is 10.6 Å². The molecule has 0 heterocycles. The summed E-state index contributed by atoms with van der Waals surface area (Å²) in [5.41, 5.74) is 6.62. The second-order valence-corrected chi connectivity index (χ2v) is 6.80. The highest BCUT2D eigenvalue weighted by molar-refractivity contribution is 8.00. The molecule has 27 heavy (non-hydrogen) atoms. The van der Waals surface area contributed by atoms with Gasteiger partial charge in [-0.05, 0) is 49.2 Å². The van der Waals surface area contributed by atoms with Crippen molar-refractivity contribution in [3.05, 3.63) is 63.7 Å². The summed E-state index contributed by atoms with van der Waals surface area (Å²) in [7, 11) is 0. The summed E-state index contributed by atoms with van der Waals surface area (Å²) in [5, 5.41) is 10.6. The number of benzene rings is 2. The van der Waals surface area contributed by atoms with E-state index < -0.39 is 16.7 Å². The number of hydrogen-bond donors (Lipinski definition) is 2. The molecule has 2 rings (SSSR count). The molecule has 2 amide bonds. The van der Waals surface area contributed by atoms with Gasteiger partial charge in [-0.2, -0.15) is 0 Å². The van der Waals surface area contributed by atoms with E-state index in [1.54, 1.807) is 12.1 Å². The van der Waals surface area contributed by atoms with Crippen molar-refractivity contribution >= 4 is 29.3 Å². The predicted molar refractivity (Wildman–Crippen MR) is 102 cm³/mol. The molecule has 2 aromatic carbocycles. The SMILES string of the molecule is Cc1cc(C)cc(OCC(=O)NNC(=O)CSc2ccc([N+](=O)[O-])cc2)c1. The number of carbonyl (C=O) groups excluding carboxylic acids is 2. The lowest BCUT2D eigenvalue weighted by molar-refractivity contribution is -0.384. The molecule has 0 saturated heterocycles. The third-order valence-corrected chi connectivity index (χ3v) is 4.34. The molecular weight excluding hydrogens is 370 g/mol. The molecule has 2 N–H and O–H groups in total. The van der Waals surface area contributed by atoms with Gasteiger partial charge in [0.15, 0.2) is 6.61 Å². The van der Waals surface area contributed by atoms with Gasteiger partial charge in [-0.15, -0.1) is 11.8 Å². The fraction of sp³-hybridized carbons (Fsp3) is 0.222. The van der Waals surface area contributed by atoms with Crippen LogP contribution in [0.15, 0.2) is 47.4 Å². The number of carbonyl (C=O) groups is 2. The first-order valence-electron chi connectivity index (χ1n) is 7.99. The van der Waals surface area contributed by atoms with Gasteiger partial charge in [-0.1, -0.05) is 6.07 Å². The van der Waals surface area contributed by atoms with Crippen LogP contribution in [0.4, 0.5) is 5.69 Å². The summed E-state index contributed by atoms with van der Waals surface area (Å²) < 4.78 is 5.40. The van der Waals surface area contributed by atoms with E-state index in [0.717, 1.165) is 11.1 Å². The lowest BCUT2D eigenvalue weighted by Gasteiger charge is -2.10. The van der Waals surface area contributed by atoms with Crippen LogP contribution in [-0.4, -0.2) is 29.1 Å². The number of thioether (sulfide) groups is 1. The number of ether oxygens (including phenoxy) is 1. The first kappa shape index (κ1) is 20.2. The molecule has 9 heteroatoms. The quantitative estimate of drug-likeness (QED) is 0.428. The number of hydrazine groups is 1. The van der Waals surface area contributed by atoms with Gasteiger partial charge in [0.05, 0.1) is 10.7 Å². The normalized spacial score (nSPS) is 10.1. The Balaban J connectivity index is 1.70. The Morgan fingerprint density at radius 2 is 1.63 bits per heavy atom. The average molecular weight is 389 g/mol. The topological polar surface area (TPSA) is 111 Å². The Morgan fingerprint density at radius 1 is 1.04 bits per heavy atom. The number of non-ortho nitro benzene ring substituents is 1. The maximum absolute atomic E-state index is 11.8. The Morgan fingerprint density at radius 3 is 2.22 bits per heavy atom. The molecule has 8 nitrogen and oxygen atoms in total. The highest BCUT2D eigenvalue weighted by atomic mass is 32.2. The fourth-order valence-electron chi connectivity index (χ4n) is 2.19. The summed E-state index contributed by atoms with van der Waals surface area (Å²) in [6, 6.07) is 11.5. The fourth-order valence-corrected chi connectivity index (χ4v) is 2.89. The van der Waals surface area contributed by atoms with Gasteiger partial charge in [0, 0.05) is 17.0 Å². The summed E-state index contributed by atoms with van der Waals surface area (Å²) in [6.45, 7) is 3.64. The Kier molecular flexibility index (Phi) is 7.18. The van der Waals surface area contributed by atoms with Crippen LogP contribution in [0, 0.1) is 24.0 Å². The van der Waals surface area contributed by atoms with Gasteiger partial charge in [0.2, 0.25) is 5.91 Å². The minimum atomic E-state index is -0.489. The molecule has 0 unspecified atom stereocenters. The van der Waals surface area contributed by atoms with Crippen molar-refractivity contribution < 1.29 is 19.2 Å². The first-order valence-corrected chi connectivity index (χ1v) is 8.98. The molecule has 0 aliphatic carbocycles. The van der Waals surface area contributed by atoms with Gasteiger partial charge in [-0.25, -0.2) is 0 Å². The van der Waals surface area contributed by atoms with Crippen LogP contribution in [0.5, 0.6) is 5.75 Å². The van der Waals surface area contributed by atoms with E-state index in [1.807, 2.05) is 32.0 Å². The van der Waals surface area contributed by atoms with Gasteiger partial charge in [0.25, 0.3) is 11.6 Å². The van der Waals surface area contributed by atoms with Gasteiger partial charge >= 0.3 is 0 Å². The van der Waals surface area contributed by atoms with Crippen molar-refractivity contribution in [2.75, 3.05) is 12.4 Å². The van der Waals surface area contributed by atoms with Crippen LogP contribution < -0.4 is 15.6 Å². The van der Waals surface area contributed by atoms with Crippen LogP contribution in [0.3, 0.4) is 0 Å².